The van der Waals surface area contributed by atoms with Gasteiger partial charge in [0.15, 0.2) is 0 Å². The monoisotopic (exact) mass is 390 g/mol. The lowest BCUT2D eigenvalue weighted by atomic mass is 10.0. The van der Waals surface area contributed by atoms with Gasteiger partial charge in [0.05, 0.1) is 24.7 Å². The number of fused-ring (bicyclic) bond motifs is 1. The Hall–Kier alpha value is -2.88. The van der Waals surface area contributed by atoms with E-state index >= 15 is 0 Å². The fourth-order valence-electron chi connectivity index (χ4n) is 3.87. The molecule has 4 rings (SSSR count). The van der Waals surface area contributed by atoms with E-state index in [4.69, 9.17) is 14.7 Å². The molecular formula is C23H26N4O2. The van der Waals surface area contributed by atoms with Crippen molar-refractivity contribution >= 4 is 10.9 Å². The summed E-state index contributed by atoms with van der Waals surface area (Å²) in [6, 6.07) is 16.8. The van der Waals surface area contributed by atoms with Crippen LogP contribution in [-0.2, 0) is 11.2 Å². The van der Waals surface area contributed by atoms with Crippen LogP contribution >= 0.6 is 0 Å². The summed E-state index contributed by atoms with van der Waals surface area (Å²) in [6.07, 6.45) is 2.94. The third kappa shape index (κ3) is 4.58. The van der Waals surface area contributed by atoms with E-state index < -0.39 is 0 Å². The third-order valence-corrected chi connectivity index (χ3v) is 5.49. The van der Waals surface area contributed by atoms with Crippen molar-refractivity contribution in [2.24, 2.45) is 0 Å². The fraction of sp³-hybridized carbons (Fsp3) is 0.391. The second-order valence-corrected chi connectivity index (χ2v) is 7.46. The third-order valence-electron chi connectivity index (χ3n) is 5.49. The van der Waals surface area contributed by atoms with Crippen molar-refractivity contribution in [3.8, 4) is 22.9 Å². The van der Waals surface area contributed by atoms with Crippen molar-refractivity contribution in [2.75, 3.05) is 33.4 Å². The average molecular weight is 390 g/mol. The van der Waals surface area contributed by atoms with E-state index in [1.165, 1.54) is 0 Å². The van der Waals surface area contributed by atoms with Gasteiger partial charge in [0, 0.05) is 37.7 Å². The predicted octanol–water partition coefficient (Wildman–Crippen LogP) is 3.79. The molecule has 1 fully saturated rings. The number of hydrogen-bond acceptors (Lipinski definition) is 5. The average Bonchev–Trinajstić information content (AvgIpc) is 3.16. The minimum Gasteiger partial charge on any atom is -0.490 e. The molecule has 1 saturated heterocycles. The highest BCUT2D eigenvalue weighted by Crippen LogP contribution is 2.29. The molecule has 2 aromatic carbocycles. The lowest BCUT2D eigenvalue weighted by Crippen LogP contribution is -2.38. The molecular weight excluding hydrogens is 364 g/mol. The van der Waals surface area contributed by atoms with Crippen LogP contribution in [0.15, 0.2) is 42.5 Å². The van der Waals surface area contributed by atoms with Gasteiger partial charge in [-0.1, -0.05) is 24.3 Å². The molecule has 0 spiro atoms. The number of nitriles is 1. The van der Waals surface area contributed by atoms with Gasteiger partial charge in [-0.3, -0.25) is 10.00 Å². The Morgan fingerprint density at radius 2 is 2.00 bits per heavy atom. The number of H-pyrrole nitrogens is 1. The van der Waals surface area contributed by atoms with E-state index in [1.54, 1.807) is 7.11 Å². The molecule has 0 bridgehead atoms. The number of likely N-dealkylation sites (tertiary alicyclic amines) is 1. The van der Waals surface area contributed by atoms with Crippen LogP contribution < -0.4 is 4.74 Å². The lowest BCUT2D eigenvalue weighted by molar-refractivity contribution is 0.108. The fourth-order valence-corrected chi connectivity index (χ4v) is 3.87. The Kier molecular flexibility index (Phi) is 6.09. The van der Waals surface area contributed by atoms with E-state index in [-0.39, 0.29) is 6.10 Å². The molecule has 0 amide bonds. The number of piperidine rings is 1. The Morgan fingerprint density at radius 1 is 1.17 bits per heavy atom. The SMILES string of the molecule is COCCc1[nH]nc2cc(-c3cccc(OC4CCN(CC#N)CC4)c3)ccc12. The van der Waals surface area contributed by atoms with Crippen molar-refractivity contribution < 1.29 is 9.47 Å². The van der Waals surface area contributed by atoms with E-state index in [2.05, 4.69) is 51.5 Å². The number of methoxy groups -OCH3 is 1. The molecule has 1 aromatic heterocycles. The second kappa shape index (κ2) is 9.08. The van der Waals surface area contributed by atoms with E-state index in [1.807, 2.05) is 12.1 Å². The minimum atomic E-state index is 0.206. The summed E-state index contributed by atoms with van der Waals surface area (Å²) in [5.74, 6) is 0.893. The molecule has 0 aliphatic carbocycles. The first kappa shape index (κ1) is 19.4. The largest absolute Gasteiger partial charge is 0.490 e. The van der Waals surface area contributed by atoms with Crippen molar-refractivity contribution in [3.05, 3.63) is 48.2 Å². The van der Waals surface area contributed by atoms with Crippen molar-refractivity contribution in [2.45, 2.75) is 25.4 Å². The predicted molar refractivity (Wildman–Crippen MR) is 113 cm³/mol. The first-order chi connectivity index (χ1) is 14.3. The maximum atomic E-state index is 8.83. The molecule has 29 heavy (non-hydrogen) atoms. The number of nitrogens with one attached hydrogen (secondary N) is 1. The number of nitrogens with zero attached hydrogens (tertiary/aromatic N) is 3. The molecule has 150 valence electrons. The van der Waals surface area contributed by atoms with Crippen LogP contribution in [-0.4, -0.2) is 54.6 Å². The smallest absolute Gasteiger partial charge is 0.120 e. The van der Waals surface area contributed by atoms with E-state index in [0.29, 0.717) is 13.2 Å². The highest BCUT2D eigenvalue weighted by atomic mass is 16.5. The summed E-state index contributed by atoms with van der Waals surface area (Å²) in [4.78, 5) is 2.18. The van der Waals surface area contributed by atoms with Crippen LogP contribution in [0, 0.1) is 11.3 Å². The number of rotatable bonds is 7. The molecule has 2 heterocycles. The van der Waals surface area contributed by atoms with Gasteiger partial charge in [0.2, 0.25) is 0 Å². The van der Waals surface area contributed by atoms with Gasteiger partial charge in [-0.15, -0.1) is 0 Å². The van der Waals surface area contributed by atoms with Gasteiger partial charge in [-0.2, -0.15) is 10.4 Å². The first-order valence-corrected chi connectivity index (χ1v) is 10.1. The molecule has 1 N–H and O–H groups in total. The van der Waals surface area contributed by atoms with Gasteiger partial charge in [-0.05, 0) is 42.2 Å². The summed E-state index contributed by atoms with van der Waals surface area (Å²) in [5.41, 5.74) is 4.31. The van der Waals surface area contributed by atoms with Crippen LogP contribution in [0.1, 0.15) is 18.5 Å². The van der Waals surface area contributed by atoms with Gasteiger partial charge < -0.3 is 9.47 Å². The minimum absolute atomic E-state index is 0.206. The molecule has 0 saturated carbocycles. The second-order valence-electron chi connectivity index (χ2n) is 7.46. The number of aromatic amines is 1. The Labute approximate surface area is 171 Å². The first-order valence-electron chi connectivity index (χ1n) is 10.1. The molecule has 0 atom stereocenters. The van der Waals surface area contributed by atoms with Gasteiger partial charge in [-0.25, -0.2) is 0 Å². The van der Waals surface area contributed by atoms with Gasteiger partial charge in [0.1, 0.15) is 11.9 Å². The summed E-state index contributed by atoms with van der Waals surface area (Å²) in [6.45, 7) is 3.01. The zero-order chi connectivity index (χ0) is 20.1. The summed E-state index contributed by atoms with van der Waals surface area (Å²) < 4.78 is 11.4. The molecule has 3 aromatic rings. The van der Waals surface area contributed by atoms with E-state index in [0.717, 1.165) is 65.8 Å². The number of aromatic nitrogens is 2. The highest BCUT2D eigenvalue weighted by Gasteiger charge is 2.20. The Bertz CT molecular complexity index is 1000. The number of hydrogen-bond donors (Lipinski definition) is 1. The summed E-state index contributed by atoms with van der Waals surface area (Å²) >= 11 is 0. The van der Waals surface area contributed by atoms with Gasteiger partial charge in [0.25, 0.3) is 0 Å². The van der Waals surface area contributed by atoms with Crippen LogP contribution in [0.3, 0.4) is 0 Å². The molecule has 0 radical (unpaired) electrons. The van der Waals surface area contributed by atoms with Gasteiger partial charge >= 0.3 is 0 Å². The van der Waals surface area contributed by atoms with Crippen LogP contribution in [0.2, 0.25) is 0 Å². The van der Waals surface area contributed by atoms with Crippen LogP contribution in [0.25, 0.3) is 22.0 Å². The maximum Gasteiger partial charge on any atom is 0.120 e. The Morgan fingerprint density at radius 3 is 2.79 bits per heavy atom. The molecule has 6 heteroatoms. The molecule has 1 aliphatic heterocycles. The highest BCUT2D eigenvalue weighted by molar-refractivity contribution is 5.86. The lowest BCUT2D eigenvalue weighted by Gasteiger charge is -2.30. The standard InChI is InChI=1S/C23H26N4O2/c1-28-14-9-22-21-6-5-18(16-23(21)26-25-22)17-3-2-4-20(15-17)29-19-7-11-27(12-8-19)13-10-24/h2-6,15-16,19H,7-9,11-14H2,1H3,(H,25,26). The zero-order valence-electron chi connectivity index (χ0n) is 16.7. The number of benzene rings is 2. The topological polar surface area (TPSA) is 74.2 Å². The van der Waals surface area contributed by atoms with Crippen molar-refractivity contribution in [3.63, 3.8) is 0 Å². The Balaban J connectivity index is 1.46. The normalized spacial score (nSPS) is 15.4. The van der Waals surface area contributed by atoms with Crippen molar-refractivity contribution in [1.29, 1.82) is 5.26 Å². The number of ether oxygens (including phenoxy) is 2. The van der Waals surface area contributed by atoms with E-state index in [9.17, 15) is 0 Å². The van der Waals surface area contributed by atoms with Crippen molar-refractivity contribution in [1.82, 2.24) is 15.1 Å². The van der Waals surface area contributed by atoms with Crippen LogP contribution in [0.5, 0.6) is 5.75 Å². The molecule has 6 nitrogen and oxygen atoms in total. The maximum absolute atomic E-state index is 8.83. The van der Waals surface area contributed by atoms with Crippen LogP contribution in [0.4, 0.5) is 0 Å². The molecule has 0 unspecified atom stereocenters. The summed E-state index contributed by atoms with van der Waals surface area (Å²) in [7, 11) is 1.71. The quantitative estimate of drug-likeness (QED) is 0.622. The summed E-state index contributed by atoms with van der Waals surface area (Å²) in [5, 5.41) is 17.6. The zero-order valence-corrected chi connectivity index (χ0v) is 16.7. The molecule has 1 aliphatic rings.